The molecule has 0 spiro atoms. The molecule has 0 aromatic heterocycles. The van der Waals surface area contributed by atoms with Crippen LogP contribution in [0.4, 0.5) is 5.69 Å². The molecular formula is C16H25N3O. The molecule has 1 N–H and O–H groups in total. The van der Waals surface area contributed by atoms with E-state index in [0.29, 0.717) is 0 Å². The second-order valence-corrected chi connectivity index (χ2v) is 5.36. The van der Waals surface area contributed by atoms with Crippen molar-refractivity contribution >= 4 is 11.6 Å². The van der Waals surface area contributed by atoms with Crippen LogP contribution in [0.5, 0.6) is 0 Å². The zero-order valence-electron chi connectivity index (χ0n) is 12.9. The predicted octanol–water partition coefficient (Wildman–Crippen LogP) is 2.57. The van der Waals surface area contributed by atoms with Crippen LogP contribution in [-0.4, -0.2) is 41.6 Å². The Balaban J connectivity index is 2.12. The van der Waals surface area contributed by atoms with Gasteiger partial charge in [0.1, 0.15) is 6.04 Å². The summed E-state index contributed by atoms with van der Waals surface area (Å²) < 4.78 is 0. The molecule has 1 unspecified atom stereocenters. The first-order chi connectivity index (χ1) is 9.58. The molecule has 1 fully saturated rings. The average molecular weight is 275 g/mol. The lowest BCUT2D eigenvalue weighted by Gasteiger charge is -2.29. The van der Waals surface area contributed by atoms with Crippen LogP contribution >= 0.6 is 0 Å². The van der Waals surface area contributed by atoms with E-state index in [2.05, 4.69) is 29.2 Å². The Labute approximate surface area is 121 Å². The lowest BCUT2D eigenvalue weighted by molar-refractivity contribution is -0.124. The SMILES string of the molecule is CCN1CCC(C(=O)Nc2c(C)cccc2C)N1CC. The van der Waals surface area contributed by atoms with Crippen LogP contribution in [0.25, 0.3) is 0 Å². The van der Waals surface area contributed by atoms with Gasteiger partial charge in [0.25, 0.3) is 0 Å². The second-order valence-electron chi connectivity index (χ2n) is 5.36. The minimum atomic E-state index is -0.0426. The maximum absolute atomic E-state index is 12.6. The Bertz CT molecular complexity index is 466. The van der Waals surface area contributed by atoms with Crippen molar-refractivity contribution in [1.82, 2.24) is 10.0 Å². The summed E-state index contributed by atoms with van der Waals surface area (Å²) in [5, 5.41) is 7.56. The van der Waals surface area contributed by atoms with Crippen molar-refractivity contribution < 1.29 is 4.79 Å². The van der Waals surface area contributed by atoms with Gasteiger partial charge >= 0.3 is 0 Å². The average Bonchev–Trinajstić information content (AvgIpc) is 2.85. The molecule has 4 heteroatoms. The van der Waals surface area contributed by atoms with Crippen molar-refractivity contribution in [3.8, 4) is 0 Å². The van der Waals surface area contributed by atoms with Gasteiger partial charge in [-0.05, 0) is 31.4 Å². The molecule has 2 rings (SSSR count). The summed E-state index contributed by atoms with van der Waals surface area (Å²) in [6.45, 7) is 11.1. The minimum Gasteiger partial charge on any atom is -0.324 e. The predicted molar refractivity (Wildman–Crippen MR) is 82.6 cm³/mol. The number of carbonyl (C=O) groups is 1. The van der Waals surface area contributed by atoms with Gasteiger partial charge in [-0.3, -0.25) is 4.79 Å². The number of aryl methyl sites for hydroxylation is 2. The third kappa shape index (κ3) is 2.86. The quantitative estimate of drug-likeness (QED) is 0.917. The number of nitrogens with zero attached hydrogens (tertiary/aromatic N) is 2. The minimum absolute atomic E-state index is 0.0426. The van der Waals surface area contributed by atoms with Gasteiger partial charge in [0.05, 0.1) is 0 Å². The van der Waals surface area contributed by atoms with E-state index in [4.69, 9.17) is 0 Å². The molecule has 0 bridgehead atoms. The molecule has 1 saturated heterocycles. The summed E-state index contributed by atoms with van der Waals surface area (Å²) in [7, 11) is 0. The van der Waals surface area contributed by atoms with Gasteiger partial charge in [-0.15, -0.1) is 0 Å². The first-order valence-corrected chi connectivity index (χ1v) is 7.47. The van der Waals surface area contributed by atoms with Crippen molar-refractivity contribution in [2.45, 2.75) is 40.2 Å². The maximum atomic E-state index is 12.6. The molecule has 1 heterocycles. The molecule has 1 atom stereocenters. The topological polar surface area (TPSA) is 35.6 Å². The Morgan fingerprint density at radius 2 is 1.90 bits per heavy atom. The highest BCUT2D eigenvalue weighted by Gasteiger charge is 2.34. The van der Waals surface area contributed by atoms with E-state index in [0.717, 1.165) is 42.9 Å². The van der Waals surface area contributed by atoms with Gasteiger partial charge in [0.15, 0.2) is 0 Å². The summed E-state index contributed by atoms with van der Waals surface area (Å²) in [5.41, 5.74) is 3.20. The van der Waals surface area contributed by atoms with E-state index in [9.17, 15) is 4.79 Å². The Morgan fingerprint density at radius 1 is 1.25 bits per heavy atom. The number of amides is 1. The zero-order valence-corrected chi connectivity index (χ0v) is 12.9. The first-order valence-electron chi connectivity index (χ1n) is 7.47. The molecule has 0 aliphatic carbocycles. The molecule has 110 valence electrons. The van der Waals surface area contributed by atoms with Gasteiger partial charge in [-0.2, -0.15) is 0 Å². The van der Waals surface area contributed by atoms with Crippen molar-refractivity contribution in [2.24, 2.45) is 0 Å². The number of likely N-dealkylation sites (N-methyl/N-ethyl adjacent to an activating group) is 1. The number of para-hydroxylation sites is 1. The molecular weight excluding hydrogens is 250 g/mol. The van der Waals surface area contributed by atoms with Crippen LogP contribution in [0.1, 0.15) is 31.4 Å². The van der Waals surface area contributed by atoms with Crippen LogP contribution in [0.15, 0.2) is 18.2 Å². The van der Waals surface area contributed by atoms with E-state index >= 15 is 0 Å². The molecule has 1 aromatic rings. The highest BCUT2D eigenvalue weighted by atomic mass is 16.2. The van der Waals surface area contributed by atoms with E-state index in [1.165, 1.54) is 0 Å². The number of hydrogen-bond donors (Lipinski definition) is 1. The third-order valence-electron chi connectivity index (χ3n) is 4.10. The number of carbonyl (C=O) groups excluding carboxylic acids is 1. The normalized spacial score (nSPS) is 20.3. The highest BCUT2D eigenvalue weighted by Crippen LogP contribution is 2.23. The van der Waals surface area contributed by atoms with Crippen LogP contribution < -0.4 is 5.32 Å². The van der Waals surface area contributed by atoms with Crippen LogP contribution in [-0.2, 0) is 4.79 Å². The van der Waals surface area contributed by atoms with Crippen LogP contribution in [0.3, 0.4) is 0 Å². The molecule has 4 nitrogen and oxygen atoms in total. The summed E-state index contributed by atoms with van der Waals surface area (Å²) in [4.78, 5) is 12.6. The molecule has 1 aromatic carbocycles. The number of rotatable bonds is 4. The monoisotopic (exact) mass is 275 g/mol. The Morgan fingerprint density at radius 3 is 2.45 bits per heavy atom. The van der Waals surface area contributed by atoms with Gasteiger partial charge < -0.3 is 5.32 Å². The fraction of sp³-hybridized carbons (Fsp3) is 0.562. The number of benzene rings is 1. The third-order valence-corrected chi connectivity index (χ3v) is 4.10. The second kappa shape index (κ2) is 6.37. The van der Waals surface area contributed by atoms with Gasteiger partial charge in [-0.1, -0.05) is 32.0 Å². The molecule has 1 aliphatic heterocycles. The number of hydrogen-bond acceptors (Lipinski definition) is 3. The molecule has 0 saturated carbocycles. The highest BCUT2D eigenvalue weighted by molar-refractivity contribution is 5.96. The summed E-state index contributed by atoms with van der Waals surface area (Å²) in [6.07, 6.45) is 0.901. The van der Waals surface area contributed by atoms with Crippen LogP contribution in [0, 0.1) is 13.8 Å². The summed E-state index contributed by atoms with van der Waals surface area (Å²) in [6, 6.07) is 6.05. The lowest BCUT2D eigenvalue weighted by Crippen LogP contribution is -2.46. The van der Waals surface area contributed by atoms with Gasteiger partial charge in [-0.25, -0.2) is 10.0 Å². The van der Waals surface area contributed by atoms with E-state index in [1.807, 2.05) is 32.0 Å². The van der Waals surface area contributed by atoms with Gasteiger partial charge in [0.2, 0.25) is 5.91 Å². The smallest absolute Gasteiger partial charge is 0.243 e. The first kappa shape index (κ1) is 15.0. The van der Waals surface area contributed by atoms with Crippen molar-refractivity contribution in [2.75, 3.05) is 25.0 Å². The van der Waals surface area contributed by atoms with Gasteiger partial charge in [0, 0.05) is 25.3 Å². The van der Waals surface area contributed by atoms with E-state index < -0.39 is 0 Å². The lowest BCUT2D eigenvalue weighted by atomic mass is 10.1. The number of hydrazine groups is 1. The maximum Gasteiger partial charge on any atom is 0.243 e. The number of nitrogens with one attached hydrogen (secondary N) is 1. The Kier molecular flexibility index (Phi) is 4.78. The standard InChI is InChI=1S/C16H25N3O/c1-5-18-11-10-14(19(18)6-2)16(20)17-15-12(3)8-7-9-13(15)4/h7-9,14H,5-6,10-11H2,1-4H3,(H,17,20). The van der Waals surface area contributed by atoms with Crippen molar-refractivity contribution in [3.63, 3.8) is 0 Å². The Hall–Kier alpha value is -1.39. The van der Waals surface area contributed by atoms with Crippen molar-refractivity contribution in [3.05, 3.63) is 29.3 Å². The fourth-order valence-electron chi connectivity index (χ4n) is 2.99. The molecule has 20 heavy (non-hydrogen) atoms. The van der Waals surface area contributed by atoms with E-state index in [1.54, 1.807) is 0 Å². The van der Waals surface area contributed by atoms with Crippen LogP contribution in [0.2, 0.25) is 0 Å². The zero-order chi connectivity index (χ0) is 14.7. The molecule has 0 radical (unpaired) electrons. The van der Waals surface area contributed by atoms with Crippen molar-refractivity contribution in [1.29, 1.82) is 0 Å². The largest absolute Gasteiger partial charge is 0.324 e. The molecule has 1 amide bonds. The number of anilines is 1. The molecule has 1 aliphatic rings. The van der Waals surface area contributed by atoms with E-state index in [-0.39, 0.29) is 11.9 Å². The fourth-order valence-corrected chi connectivity index (χ4v) is 2.99. The summed E-state index contributed by atoms with van der Waals surface area (Å²) >= 11 is 0. The summed E-state index contributed by atoms with van der Waals surface area (Å²) in [5.74, 6) is 0.111.